The predicted molar refractivity (Wildman–Crippen MR) is 257 cm³/mol. The smallest absolute Gasteiger partial charge is 0.325 e. The number of imide groups is 1. The largest absolute Gasteiger partial charge is 0.370 e. The number of nitrogens with zero attached hydrogens (tertiary/aromatic N) is 2. The highest BCUT2D eigenvalue weighted by atomic mass is 16.2. The molecule has 10 amide bonds. The van der Waals surface area contributed by atoms with Crippen LogP contribution in [0.1, 0.15) is 68.7 Å². The van der Waals surface area contributed by atoms with Crippen LogP contribution in [0.2, 0.25) is 0 Å². The van der Waals surface area contributed by atoms with Crippen LogP contribution in [-0.2, 0) is 57.6 Å². The molecule has 0 saturated carbocycles. The number of carbonyl (C=O) groups excluding carboxylic acids is 9. The van der Waals surface area contributed by atoms with Crippen LogP contribution < -0.4 is 54.0 Å². The quantitative estimate of drug-likeness (QED) is 0.0353. The van der Waals surface area contributed by atoms with Crippen molar-refractivity contribution in [2.24, 2.45) is 11.5 Å². The second-order valence-electron chi connectivity index (χ2n) is 17.5. The summed E-state index contributed by atoms with van der Waals surface area (Å²) in [6.45, 7) is 1.60. The molecule has 4 aromatic rings. The Morgan fingerprint density at radius 1 is 0.746 bits per heavy atom. The number of aromatic amines is 2. The van der Waals surface area contributed by atoms with Crippen molar-refractivity contribution >= 4 is 70.2 Å². The van der Waals surface area contributed by atoms with E-state index in [0.29, 0.717) is 29.7 Å². The summed E-state index contributed by atoms with van der Waals surface area (Å²) in [5.41, 5.74) is 13.7. The number of carbonyl (C=O) groups is 9. The van der Waals surface area contributed by atoms with E-state index in [1.807, 2.05) is 24.3 Å². The lowest BCUT2D eigenvalue weighted by molar-refractivity contribution is -0.137. The summed E-state index contributed by atoms with van der Waals surface area (Å²) in [6.07, 6.45) is 4.82. The second-order valence-corrected chi connectivity index (χ2v) is 17.5. The zero-order chi connectivity index (χ0) is 51.0. The van der Waals surface area contributed by atoms with Gasteiger partial charge in [0.25, 0.3) is 5.91 Å². The summed E-state index contributed by atoms with van der Waals surface area (Å²) in [7, 11) is 0. The van der Waals surface area contributed by atoms with Crippen molar-refractivity contribution in [3.05, 3.63) is 90.1 Å². The van der Waals surface area contributed by atoms with Crippen molar-refractivity contribution in [3.63, 3.8) is 0 Å². The maximum atomic E-state index is 14.6. The molecule has 2 aliphatic rings. The van der Waals surface area contributed by atoms with Crippen LogP contribution in [-0.4, -0.2) is 134 Å². The fourth-order valence-corrected chi connectivity index (χ4v) is 8.37. The molecule has 2 aliphatic heterocycles. The molecule has 24 heteroatoms. The van der Waals surface area contributed by atoms with Crippen LogP contribution in [0.15, 0.2) is 73.3 Å². The molecular weight excluding hydrogens is 919 g/mol. The molecule has 7 atom stereocenters. The molecule has 15 N–H and O–H groups in total. The van der Waals surface area contributed by atoms with Crippen molar-refractivity contribution < 1.29 is 43.2 Å². The Balaban J connectivity index is 1.34. The van der Waals surface area contributed by atoms with E-state index in [1.165, 1.54) is 19.4 Å². The molecule has 2 saturated heterocycles. The van der Waals surface area contributed by atoms with E-state index < -0.39 is 95.6 Å². The highest BCUT2D eigenvalue weighted by molar-refractivity contribution is 6.08. The number of fused-ring (bicyclic) bond motifs is 3. The SMILES string of the molecule is C[C@@H]1C(=O)N[C@@H](Cc2cnc[nH]2)C(=O)N[C@H](Cc2ccccc2)C(=O)N[C@@H](CCCNC(=N)N)C(=O)N[C@@H](Cc2c[nH]c3ccccc23)C(=O)N[C@H](C(N)=O)CCCCNC(=O)CC[C@@H]2NC(=O)N1C2=O. The molecule has 0 spiro atoms. The molecule has 6 rings (SSSR count). The number of imidazole rings is 1. The van der Waals surface area contributed by atoms with Crippen LogP contribution >= 0.6 is 0 Å². The normalized spacial score (nSPS) is 23.8. The van der Waals surface area contributed by atoms with Crippen molar-refractivity contribution in [1.29, 1.82) is 5.41 Å². The van der Waals surface area contributed by atoms with E-state index in [9.17, 15) is 43.2 Å². The van der Waals surface area contributed by atoms with Gasteiger partial charge in [0.2, 0.25) is 41.4 Å². The van der Waals surface area contributed by atoms with Crippen molar-refractivity contribution in [2.45, 2.75) is 113 Å². The zero-order valence-electron chi connectivity index (χ0n) is 39.2. The summed E-state index contributed by atoms with van der Waals surface area (Å²) >= 11 is 0. The molecular formula is C47H61N15O9. The third kappa shape index (κ3) is 14.6. The van der Waals surface area contributed by atoms with Gasteiger partial charge in [0.15, 0.2) is 5.96 Å². The van der Waals surface area contributed by atoms with Gasteiger partial charge in [-0.2, -0.15) is 0 Å². The van der Waals surface area contributed by atoms with Crippen LogP contribution in [0.25, 0.3) is 10.9 Å². The number of para-hydroxylation sites is 1. The molecule has 0 radical (unpaired) electrons. The number of nitrogens with two attached hydrogens (primary N) is 2. The first-order valence-corrected chi connectivity index (χ1v) is 23.4. The minimum Gasteiger partial charge on any atom is -0.370 e. The van der Waals surface area contributed by atoms with E-state index in [4.69, 9.17) is 16.9 Å². The summed E-state index contributed by atoms with van der Waals surface area (Å²) < 4.78 is 0. The minimum atomic E-state index is -1.42. The third-order valence-electron chi connectivity index (χ3n) is 12.3. The molecule has 2 fully saturated rings. The number of amides is 10. The summed E-state index contributed by atoms with van der Waals surface area (Å²) in [5, 5.41) is 29.9. The number of primary amides is 1. The Hall–Kier alpha value is -8.31. The van der Waals surface area contributed by atoms with Gasteiger partial charge >= 0.3 is 6.03 Å². The van der Waals surface area contributed by atoms with Crippen molar-refractivity contribution in [2.75, 3.05) is 13.1 Å². The second kappa shape index (κ2) is 24.8. The Labute approximate surface area is 408 Å². The van der Waals surface area contributed by atoms with Gasteiger partial charge in [-0.15, -0.1) is 0 Å². The lowest BCUT2D eigenvalue weighted by Crippen LogP contribution is -2.60. The first kappa shape index (κ1) is 52.1. The Morgan fingerprint density at radius 2 is 1.39 bits per heavy atom. The van der Waals surface area contributed by atoms with E-state index in [1.54, 1.807) is 36.5 Å². The van der Waals surface area contributed by atoms with Crippen molar-refractivity contribution in [1.82, 2.24) is 62.4 Å². The third-order valence-corrected chi connectivity index (χ3v) is 12.3. The molecule has 24 nitrogen and oxygen atoms in total. The lowest BCUT2D eigenvalue weighted by Gasteiger charge is -2.28. The van der Waals surface area contributed by atoms with Gasteiger partial charge in [-0.3, -0.25) is 48.7 Å². The number of benzene rings is 2. The Morgan fingerprint density at radius 3 is 2.10 bits per heavy atom. The monoisotopic (exact) mass is 979 g/mol. The van der Waals surface area contributed by atoms with Gasteiger partial charge in [-0.05, 0) is 62.6 Å². The summed E-state index contributed by atoms with van der Waals surface area (Å²) in [5.74, 6) is -6.43. The van der Waals surface area contributed by atoms with Crippen molar-refractivity contribution in [3.8, 4) is 0 Å². The molecule has 71 heavy (non-hydrogen) atoms. The maximum Gasteiger partial charge on any atom is 0.325 e. The number of guanidine groups is 1. The number of H-pyrrole nitrogens is 2. The van der Waals surface area contributed by atoms with Crippen LogP contribution in [0.4, 0.5) is 4.79 Å². The molecule has 4 heterocycles. The minimum absolute atomic E-state index is 0.0498. The van der Waals surface area contributed by atoms with Gasteiger partial charge in [-0.25, -0.2) is 9.78 Å². The first-order valence-electron chi connectivity index (χ1n) is 23.4. The van der Waals surface area contributed by atoms with E-state index in [0.717, 1.165) is 15.8 Å². The molecule has 0 aliphatic carbocycles. The fraction of sp³-hybridized carbons (Fsp3) is 0.426. The predicted octanol–water partition coefficient (Wildman–Crippen LogP) is -1.52. The number of urea groups is 1. The van der Waals surface area contributed by atoms with Gasteiger partial charge in [-0.1, -0.05) is 48.5 Å². The summed E-state index contributed by atoms with van der Waals surface area (Å²) in [6, 6.07) is 5.94. The van der Waals surface area contributed by atoms with E-state index >= 15 is 0 Å². The fourth-order valence-electron chi connectivity index (χ4n) is 8.37. The first-order chi connectivity index (χ1) is 34.1. The van der Waals surface area contributed by atoms with Gasteiger partial charge < -0.3 is 64.0 Å². The average molecular weight is 980 g/mol. The van der Waals surface area contributed by atoms with E-state index in [-0.39, 0.29) is 70.4 Å². The van der Waals surface area contributed by atoms with Gasteiger partial charge in [0, 0.05) is 67.8 Å². The Bertz CT molecular complexity index is 2570. The maximum absolute atomic E-state index is 14.6. The molecule has 2 aromatic carbocycles. The topological polar surface area (TPSA) is 373 Å². The lowest BCUT2D eigenvalue weighted by atomic mass is 10.0. The molecule has 2 aromatic heterocycles. The standard InChI is InChI=1S/C47H61N15O9/c1-26-40(65)58-37(22-29-24-51-25-55-29)44(69)59-35(20-27-10-3-2-4-11-27)42(67)57-33(15-9-19-53-46(49)50)41(66)60-36(21-28-23-54-31-13-6-5-12-30(28)31)43(68)56-32(39(48)64)14-7-8-18-52-38(63)17-16-34-45(70)62(26)47(71)61-34/h2-6,10-13,23-26,32-37,54H,7-9,14-22H2,1H3,(H2,48,64)(H,51,55)(H,52,63)(H,56,68)(H,57,67)(H,58,65)(H,59,69)(H,60,66)(H,61,71)(H4,49,50,53)/t26-,32+,33+,34+,35-,36+,37+/m1/s1. The number of rotatable bonds is 11. The zero-order valence-corrected chi connectivity index (χ0v) is 39.2. The molecule has 0 unspecified atom stereocenters. The van der Waals surface area contributed by atoms with Crippen LogP contribution in [0.5, 0.6) is 0 Å². The highest BCUT2D eigenvalue weighted by Gasteiger charge is 2.44. The highest BCUT2D eigenvalue weighted by Crippen LogP contribution is 2.20. The van der Waals surface area contributed by atoms with Gasteiger partial charge in [0.05, 0.1) is 6.33 Å². The van der Waals surface area contributed by atoms with Crippen LogP contribution in [0.3, 0.4) is 0 Å². The number of hydrogen-bond donors (Lipinski definition) is 13. The van der Waals surface area contributed by atoms with E-state index in [2.05, 4.69) is 57.5 Å². The van der Waals surface area contributed by atoms with Crippen LogP contribution in [0, 0.1) is 5.41 Å². The summed E-state index contributed by atoms with van der Waals surface area (Å²) in [4.78, 5) is 135. The number of nitrogens with one attached hydrogen (secondary N) is 11. The molecule has 2 bridgehead atoms. The Kier molecular flexibility index (Phi) is 18.2. The number of aromatic nitrogens is 3. The number of hydrogen-bond acceptors (Lipinski definition) is 11. The average Bonchev–Trinajstić information content (AvgIpc) is 4.08. The molecule has 378 valence electrons. The van der Waals surface area contributed by atoms with Gasteiger partial charge in [0.1, 0.15) is 42.3 Å².